The van der Waals surface area contributed by atoms with Crippen LogP contribution in [-0.4, -0.2) is 59.8 Å². The number of likely N-dealkylation sites (tertiary alicyclic amines) is 1. The molecule has 22 heavy (non-hydrogen) atoms. The van der Waals surface area contributed by atoms with Crippen LogP contribution < -0.4 is 10.6 Å². The molecule has 7 heteroatoms. The summed E-state index contributed by atoms with van der Waals surface area (Å²) >= 11 is 0. The molecule has 1 aliphatic rings. The number of hydrogen-bond acceptors (Lipinski definition) is 5. The van der Waals surface area contributed by atoms with E-state index in [2.05, 4.69) is 39.5 Å². The van der Waals surface area contributed by atoms with Gasteiger partial charge in [-0.15, -0.1) is 0 Å². The van der Waals surface area contributed by atoms with E-state index in [9.17, 15) is 0 Å². The molecule has 0 saturated carbocycles. The number of guanidine groups is 1. The lowest BCUT2D eigenvalue weighted by Crippen LogP contribution is -2.40. The Balaban J connectivity index is 1.79. The van der Waals surface area contributed by atoms with E-state index in [4.69, 9.17) is 9.52 Å². The lowest BCUT2D eigenvalue weighted by molar-refractivity contribution is 0.273. The van der Waals surface area contributed by atoms with Crippen LogP contribution in [0.25, 0.3) is 0 Å². The van der Waals surface area contributed by atoms with E-state index in [0.717, 1.165) is 32.1 Å². The van der Waals surface area contributed by atoms with Crippen molar-refractivity contribution < 1.29 is 4.52 Å². The van der Waals surface area contributed by atoms with E-state index in [1.54, 1.807) is 0 Å². The molecular formula is C15H28N6O. The van der Waals surface area contributed by atoms with Crippen molar-refractivity contribution in [1.29, 1.82) is 0 Å². The Labute approximate surface area is 132 Å². The summed E-state index contributed by atoms with van der Waals surface area (Å²) in [6, 6.07) is 0.582. The highest BCUT2D eigenvalue weighted by atomic mass is 16.5. The van der Waals surface area contributed by atoms with E-state index in [1.807, 2.05) is 6.92 Å². The van der Waals surface area contributed by atoms with E-state index in [0.29, 0.717) is 24.2 Å². The number of hydrogen-bond donors (Lipinski definition) is 2. The average molecular weight is 308 g/mol. The monoisotopic (exact) mass is 308 g/mol. The third-order valence-corrected chi connectivity index (χ3v) is 3.91. The molecule has 0 spiro atoms. The Hall–Kier alpha value is -1.63. The highest BCUT2D eigenvalue weighted by Crippen LogP contribution is 2.16. The minimum Gasteiger partial charge on any atom is -0.357 e. The van der Waals surface area contributed by atoms with Gasteiger partial charge in [0, 0.05) is 25.6 Å². The molecule has 1 aromatic rings. The van der Waals surface area contributed by atoms with Crippen molar-refractivity contribution in [2.75, 3.05) is 32.7 Å². The zero-order chi connectivity index (χ0) is 15.8. The second kappa shape index (κ2) is 8.73. The molecule has 0 radical (unpaired) electrons. The van der Waals surface area contributed by atoms with Gasteiger partial charge in [0.05, 0.1) is 6.54 Å². The molecule has 2 heterocycles. The molecule has 0 aliphatic carbocycles. The lowest BCUT2D eigenvalue weighted by atomic mass is 10.2. The highest BCUT2D eigenvalue weighted by Gasteiger charge is 2.22. The summed E-state index contributed by atoms with van der Waals surface area (Å²) in [7, 11) is 0. The molecule has 1 aromatic heterocycles. The number of nitrogens with zero attached hydrogens (tertiary/aromatic N) is 4. The van der Waals surface area contributed by atoms with Gasteiger partial charge in [0.2, 0.25) is 5.89 Å². The first-order valence-corrected chi connectivity index (χ1v) is 8.28. The molecule has 1 fully saturated rings. The largest absolute Gasteiger partial charge is 0.357 e. The maximum atomic E-state index is 5.11. The van der Waals surface area contributed by atoms with Crippen LogP contribution in [0.15, 0.2) is 9.52 Å². The first-order valence-electron chi connectivity index (χ1n) is 8.28. The fourth-order valence-electron chi connectivity index (χ4n) is 2.79. The topological polar surface area (TPSA) is 78.6 Å². The maximum Gasteiger partial charge on any atom is 0.228 e. The Bertz CT molecular complexity index is 472. The molecule has 124 valence electrons. The van der Waals surface area contributed by atoms with Crippen LogP contribution in [0.4, 0.5) is 0 Å². The van der Waals surface area contributed by atoms with Crippen molar-refractivity contribution in [3.8, 4) is 0 Å². The van der Waals surface area contributed by atoms with E-state index in [1.165, 1.54) is 19.4 Å². The van der Waals surface area contributed by atoms with Crippen LogP contribution in [0.2, 0.25) is 0 Å². The van der Waals surface area contributed by atoms with Crippen LogP contribution >= 0.6 is 0 Å². The minimum atomic E-state index is 0.582. The van der Waals surface area contributed by atoms with Gasteiger partial charge < -0.3 is 15.2 Å². The number of aromatic nitrogens is 2. The summed E-state index contributed by atoms with van der Waals surface area (Å²) in [5.41, 5.74) is 0. The molecule has 2 rings (SSSR count). The van der Waals surface area contributed by atoms with Gasteiger partial charge in [-0.25, -0.2) is 0 Å². The zero-order valence-corrected chi connectivity index (χ0v) is 13.9. The quantitative estimate of drug-likeness (QED) is 0.577. The standard InChI is InChI=1S/C15H28N6O/c1-4-16-15(17-9-8-14-19-12(3)20-22-14)18-11-13-7-6-10-21(13)5-2/h13H,4-11H2,1-3H3,(H2,16,17,18). The molecule has 0 amide bonds. The first kappa shape index (κ1) is 16.7. The van der Waals surface area contributed by atoms with Gasteiger partial charge in [-0.3, -0.25) is 9.89 Å². The number of likely N-dealkylation sites (N-methyl/N-ethyl adjacent to an activating group) is 1. The summed E-state index contributed by atoms with van der Waals surface area (Å²) in [4.78, 5) is 11.4. The van der Waals surface area contributed by atoms with Gasteiger partial charge in [0.25, 0.3) is 0 Å². The van der Waals surface area contributed by atoms with Crippen molar-refractivity contribution in [2.45, 2.75) is 46.1 Å². The van der Waals surface area contributed by atoms with Crippen LogP contribution in [0.3, 0.4) is 0 Å². The van der Waals surface area contributed by atoms with Crippen molar-refractivity contribution in [2.24, 2.45) is 4.99 Å². The predicted octanol–water partition coefficient (Wildman–Crippen LogP) is 0.960. The van der Waals surface area contributed by atoms with Crippen LogP contribution in [-0.2, 0) is 6.42 Å². The van der Waals surface area contributed by atoms with Gasteiger partial charge >= 0.3 is 0 Å². The molecule has 2 N–H and O–H groups in total. The summed E-state index contributed by atoms with van der Waals surface area (Å²) in [6.45, 7) is 10.9. The average Bonchev–Trinajstić information content (AvgIpc) is 3.13. The fraction of sp³-hybridized carbons (Fsp3) is 0.800. The van der Waals surface area contributed by atoms with Crippen LogP contribution in [0.1, 0.15) is 38.4 Å². The second-order valence-electron chi connectivity index (χ2n) is 5.56. The number of aryl methyl sites for hydroxylation is 1. The van der Waals surface area contributed by atoms with Gasteiger partial charge in [-0.1, -0.05) is 12.1 Å². The van der Waals surface area contributed by atoms with Crippen LogP contribution in [0.5, 0.6) is 0 Å². The van der Waals surface area contributed by atoms with Crippen molar-refractivity contribution in [3.05, 3.63) is 11.7 Å². The molecule has 1 unspecified atom stereocenters. The molecular weight excluding hydrogens is 280 g/mol. The van der Waals surface area contributed by atoms with E-state index in [-0.39, 0.29) is 0 Å². The summed E-state index contributed by atoms with van der Waals surface area (Å²) in [6.07, 6.45) is 3.24. The van der Waals surface area contributed by atoms with Gasteiger partial charge in [-0.05, 0) is 39.8 Å². The molecule has 1 atom stereocenters. The Morgan fingerprint density at radius 1 is 1.41 bits per heavy atom. The smallest absolute Gasteiger partial charge is 0.228 e. The van der Waals surface area contributed by atoms with E-state index >= 15 is 0 Å². The molecule has 0 aromatic carbocycles. The SMILES string of the molecule is CCNC(=NCC1CCCN1CC)NCCc1nc(C)no1. The Morgan fingerprint density at radius 2 is 2.27 bits per heavy atom. The van der Waals surface area contributed by atoms with Crippen molar-refractivity contribution in [3.63, 3.8) is 0 Å². The molecule has 7 nitrogen and oxygen atoms in total. The number of aliphatic imine (C=N–C) groups is 1. The Kier molecular flexibility index (Phi) is 6.64. The molecule has 1 saturated heterocycles. The van der Waals surface area contributed by atoms with Gasteiger partial charge in [0.15, 0.2) is 11.8 Å². The third kappa shape index (κ3) is 4.98. The zero-order valence-electron chi connectivity index (χ0n) is 13.9. The maximum absolute atomic E-state index is 5.11. The normalized spacial score (nSPS) is 19.6. The molecule has 0 bridgehead atoms. The second-order valence-corrected chi connectivity index (χ2v) is 5.56. The predicted molar refractivity (Wildman–Crippen MR) is 87.0 cm³/mol. The Morgan fingerprint density at radius 3 is 2.95 bits per heavy atom. The minimum absolute atomic E-state index is 0.582. The highest BCUT2D eigenvalue weighted by molar-refractivity contribution is 5.79. The fourth-order valence-corrected chi connectivity index (χ4v) is 2.79. The van der Waals surface area contributed by atoms with Crippen LogP contribution in [0, 0.1) is 6.92 Å². The van der Waals surface area contributed by atoms with Gasteiger partial charge in [-0.2, -0.15) is 4.98 Å². The van der Waals surface area contributed by atoms with Gasteiger partial charge in [0.1, 0.15) is 0 Å². The summed E-state index contributed by atoms with van der Waals surface area (Å²) in [5, 5.41) is 10.4. The first-order chi connectivity index (χ1) is 10.7. The lowest BCUT2D eigenvalue weighted by Gasteiger charge is -2.21. The van der Waals surface area contributed by atoms with Crippen molar-refractivity contribution in [1.82, 2.24) is 25.7 Å². The number of rotatable bonds is 7. The van der Waals surface area contributed by atoms with Crippen molar-refractivity contribution >= 4 is 5.96 Å². The molecule has 1 aliphatic heterocycles. The van der Waals surface area contributed by atoms with E-state index < -0.39 is 0 Å². The third-order valence-electron chi connectivity index (χ3n) is 3.91. The summed E-state index contributed by atoms with van der Waals surface area (Å²) in [5.74, 6) is 2.20. The number of nitrogens with one attached hydrogen (secondary N) is 2. The summed E-state index contributed by atoms with van der Waals surface area (Å²) < 4.78 is 5.11.